The van der Waals surface area contributed by atoms with Crippen LogP contribution in [0.15, 0.2) is 36.7 Å². The van der Waals surface area contributed by atoms with Gasteiger partial charge < -0.3 is 0 Å². The lowest BCUT2D eigenvalue weighted by molar-refractivity contribution is 0.894. The fourth-order valence-electron chi connectivity index (χ4n) is 1.67. The van der Waals surface area contributed by atoms with E-state index in [9.17, 15) is 0 Å². The quantitative estimate of drug-likeness (QED) is 0.618. The van der Waals surface area contributed by atoms with Gasteiger partial charge in [0.1, 0.15) is 0 Å². The van der Waals surface area contributed by atoms with Gasteiger partial charge in [-0.1, -0.05) is 17.7 Å². The summed E-state index contributed by atoms with van der Waals surface area (Å²) in [5, 5.41) is 5.39. The van der Waals surface area contributed by atoms with Crippen LogP contribution in [0.25, 0.3) is 16.7 Å². The smallest absolute Gasteiger partial charge is 0.224 e. The van der Waals surface area contributed by atoms with E-state index < -0.39 is 0 Å². The Labute approximate surface area is 103 Å². The van der Waals surface area contributed by atoms with Gasteiger partial charge >= 0.3 is 0 Å². The Morgan fingerprint density at radius 2 is 1.88 bits per heavy atom. The molecule has 1 aromatic carbocycles. The fourth-order valence-corrected chi connectivity index (χ4v) is 1.80. The second-order valence-corrected chi connectivity index (χ2v) is 4.15. The Bertz CT molecular complexity index is 673. The topological polar surface area (TPSA) is 43.6 Å². The van der Waals surface area contributed by atoms with Gasteiger partial charge in [0, 0.05) is 6.20 Å². The standard InChI is InChI=1S/C12H9ClN4/c1-8-2-4-10(5-3-8)17-11-9(7-15-17)6-14-12(13)16-11/h2-7H,1H3. The number of benzene rings is 1. The molecule has 0 aliphatic heterocycles. The van der Waals surface area contributed by atoms with Crippen LogP contribution in [-0.2, 0) is 0 Å². The van der Waals surface area contributed by atoms with Gasteiger partial charge in [-0.3, -0.25) is 0 Å². The first kappa shape index (κ1) is 10.2. The maximum Gasteiger partial charge on any atom is 0.224 e. The predicted octanol–water partition coefficient (Wildman–Crippen LogP) is 2.78. The van der Waals surface area contributed by atoms with Crippen LogP contribution in [0.5, 0.6) is 0 Å². The van der Waals surface area contributed by atoms with Crippen LogP contribution in [-0.4, -0.2) is 19.7 Å². The molecule has 0 amide bonds. The summed E-state index contributed by atoms with van der Waals surface area (Å²) < 4.78 is 1.75. The molecule has 0 N–H and O–H groups in total. The fraction of sp³-hybridized carbons (Fsp3) is 0.0833. The van der Waals surface area contributed by atoms with E-state index in [4.69, 9.17) is 11.6 Å². The summed E-state index contributed by atoms with van der Waals surface area (Å²) in [6, 6.07) is 8.06. The van der Waals surface area contributed by atoms with E-state index in [1.807, 2.05) is 31.2 Å². The average molecular weight is 245 g/mol. The molecule has 0 bridgehead atoms. The molecule has 3 aromatic rings. The van der Waals surface area contributed by atoms with Crippen molar-refractivity contribution in [3.05, 3.63) is 47.5 Å². The minimum absolute atomic E-state index is 0.228. The molecule has 17 heavy (non-hydrogen) atoms. The molecule has 2 heterocycles. The van der Waals surface area contributed by atoms with Crippen LogP contribution in [0.1, 0.15) is 5.56 Å². The highest BCUT2D eigenvalue weighted by atomic mass is 35.5. The summed E-state index contributed by atoms with van der Waals surface area (Å²) in [4.78, 5) is 8.12. The van der Waals surface area contributed by atoms with Gasteiger partial charge in [0.15, 0.2) is 5.65 Å². The SMILES string of the molecule is Cc1ccc(-n2ncc3cnc(Cl)nc32)cc1. The zero-order valence-electron chi connectivity index (χ0n) is 9.13. The summed E-state index contributed by atoms with van der Waals surface area (Å²) in [7, 11) is 0. The van der Waals surface area contributed by atoms with Gasteiger partial charge in [-0.15, -0.1) is 0 Å². The molecule has 2 aromatic heterocycles. The Morgan fingerprint density at radius 1 is 1.12 bits per heavy atom. The van der Waals surface area contributed by atoms with Crippen molar-refractivity contribution in [2.75, 3.05) is 0 Å². The minimum atomic E-state index is 0.228. The third-order valence-corrected chi connectivity index (χ3v) is 2.74. The van der Waals surface area contributed by atoms with Crippen LogP contribution >= 0.6 is 11.6 Å². The zero-order chi connectivity index (χ0) is 11.8. The summed E-state index contributed by atoms with van der Waals surface area (Å²) in [6.07, 6.45) is 3.40. The van der Waals surface area contributed by atoms with Crippen molar-refractivity contribution < 1.29 is 0 Å². The Kier molecular flexibility index (Phi) is 2.30. The molecule has 0 radical (unpaired) electrons. The molecule has 0 spiro atoms. The van der Waals surface area contributed by atoms with E-state index >= 15 is 0 Å². The van der Waals surface area contributed by atoms with Gasteiger partial charge in [0.25, 0.3) is 0 Å². The molecule has 3 rings (SSSR count). The Hall–Kier alpha value is -1.94. The first-order chi connectivity index (χ1) is 8.24. The first-order valence-corrected chi connectivity index (χ1v) is 5.55. The van der Waals surface area contributed by atoms with Crippen molar-refractivity contribution in [2.24, 2.45) is 0 Å². The van der Waals surface area contributed by atoms with Gasteiger partial charge in [-0.05, 0) is 30.7 Å². The van der Waals surface area contributed by atoms with E-state index in [0.717, 1.165) is 11.1 Å². The van der Waals surface area contributed by atoms with Crippen LogP contribution in [0.2, 0.25) is 5.28 Å². The first-order valence-electron chi connectivity index (χ1n) is 5.17. The van der Waals surface area contributed by atoms with Crippen LogP contribution in [0, 0.1) is 6.92 Å². The number of hydrogen-bond donors (Lipinski definition) is 0. The van der Waals surface area contributed by atoms with Crippen molar-refractivity contribution in [1.29, 1.82) is 0 Å². The molecule has 0 aliphatic rings. The van der Waals surface area contributed by atoms with Crippen molar-refractivity contribution in [3.8, 4) is 5.69 Å². The minimum Gasteiger partial charge on any atom is -0.226 e. The molecule has 0 fully saturated rings. The summed E-state index contributed by atoms with van der Waals surface area (Å²) in [6.45, 7) is 2.05. The highest BCUT2D eigenvalue weighted by Gasteiger charge is 2.07. The van der Waals surface area contributed by atoms with E-state index in [1.165, 1.54) is 5.56 Å². The monoisotopic (exact) mass is 244 g/mol. The van der Waals surface area contributed by atoms with Crippen molar-refractivity contribution in [2.45, 2.75) is 6.92 Å². The van der Waals surface area contributed by atoms with Gasteiger partial charge in [0.05, 0.1) is 17.3 Å². The average Bonchev–Trinajstić information content (AvgIpc) is 2.73. The number of nitrogens with zero attached hydrogens (tertiary/aromatic N) is 4. The number of fused-ring (bicyclic) bond motifs is 1. The van der Waals surface area contributed by atoms with Crippen LogP contribution < -0.4 is 0 Å². The van der Waals surface area contributed by atoms with E-state index in [0.29, 0.717) is 5.65 Å². The van der Waals surface area contributed by atoms with Crippen LogP contribution in [0.3, 0.4) is 0 Å². The lowest BCUT2D eigenvalue weighted by Gasteiger charge is -2.02. The molecule has 4 nitrogen and oxygen atoms in total. The number of aryl methyl sites for hydroxylation is 1. The molecular formula is C12H9ClN4. The molecule has 0 atom stereocenters. The Morgan fingerprint density at radius 3 is 2.65 bits per heavy atom. The van der Waals surface area contributed by atoms with Gasteiger partial charge in [-0.25, -0.2) is 9.67 Å². The third kappa shape index (κ3) is 1.76. The molecule has 0 unspecified atom stereocenters. The second kappa shape index (κ2) is 3.82. The molecular weight excluding hydrogens is 236 g/mol. The predicted molar refractivity (Wildman–Crippen MR) is 66.4 cm³/mol. The summed E-state index contributed by atoms with van der Waals surface area (Å²) >= 11 is 5.80. The highest BCUT2D eigenvalue weighted by molar-refractivity contribution is 6.28. The molecule has 84 valence electrons. The van der Waals surface area contributed by atoms with Gasteiger partial charge in [0.2, 0.25) is 5.28 Å². The van der Waals surface area contributed by atoms with E-state index in [-0.39, 0.29) is 5.28 Å². The van der Waals surface area contributed by atoms with Gasteiger partial charge in [-0.2, -0.15) is 10.1 Å². The number of rotatable bonds is 1. The molecule has 5 heteroatoms. The number of halogens is 1. The van der Waals surface area contributed by atoms with Crippen molar-refractivity contribution in [1.82, 2.24) is 19.7 Å². The highest BCUT2D eigenvalue weighted by Crippen LogP contribution is 2.17. The molecule has 0 saturated carbocycles. The Balaban J connectivity index is 2.23. The normalized spacial score (nSPS) is 10.9. The maximum absolute atomic E-state index is 5.80. The second-order valence-electron chi connectivity index (χ2n) is 3.81. The van der Waals surface area contributed by atoms with Crippen molar-refractivity contribution >= 4 is 22.6 Å². The maximum atomic E-state index is 5.80. The lowest BCUT2D eigenvalue weighted by atomic mass is 10.2. The zero-order valence-corrected chi connectivity index (χ0v) is 9.89. The van der Waals surface area contributed by atoms with E-state index in [2.05, 4.69) is 15.1 Å². The summed E-state index contributed by atoms with van der Waals surface area (Å²) in [5.41, 5.74) is 2.88. The molecule has 0 saturated heterocycles. The third-order valence-electron chi connectivity index (χ3n) is 2.56. The number of aromatic nitrogens is 4. The number of hydrogen-bond acceptors (Lipinski definition) is 3. The van der Waals surface area contributed by atoms with Crippen LogP contribution in [0.4, 0.5) is 0 Å². The van der Waals surface area contributed by atoms with Crippen molar-refractivity contribution in [3.63, 3.8) is 0 Å². The largest absolute Gasteiger partial charge is 0.226 e. The van der Waals surface area contributed by atoms with E-state index in [1.54, 1.807) is 17.1 Å². The molecule has 0 aliphatic carbocycles. The summed E-state index contributed by atoms with van der Waals surface area (Å²) in [5.74, 6) is 0. The lowest BCUT2D eigenvalue weighted by Crippen LogP contribution is -1.97.